The highest BCUT2D eigenvalue weighted by Crippen LogP contribution is 2.25. The van der Waals surface area contributed by atoms with E-state index in [1.165, 1.54) is 0 Å². The molecule has 0 spiro atoms. The summed E-state index contributed by atoms with van der Waals surface area (Å²) in [6, 6.07) is 9.35. The Balaban J connectivity index is 1.82. The van der Waals surface area contributed by atoms with Crippen LogP contribution in [0.15, 0.2) is 34.9 Å². The van der Waals surface area contributed by atoms with Gasteiger partial charge in [0.15, 0.2) is 0 Å². The van der Waals surface area contributed by atoms with Gasteiger partial charge in [-0.2, -0.15) is 0 Å². The van der Waals surface area contributed by atoms with Crippen LogP contribution >= 0.6 is 0 Å². The molecule has 2 atom stereocenters. The van der Waals surface area contributed by atoms with Crippen molar-refractivity contribution in [1.29, 1.82) is 0 Å². The Morgan fingerprint density at radius 2 is 2.13 bits per heavy atom. The molecule has 1 aliphatic rings. The van der Waals surface area contributed by atoms with E-state index >= 15 is 0 Å². The fraction of sp³-hybridized carbons (Fsp3) is 0.412. The standard InChI is InChI=1S/C17H20N2O4/c1-3-22-14-10-21-9-13(14)18-17(20)15-11(2)23-19-16(15)12-7-5-4-6-8-12/h4-8,13-14H,3,9-10H2,1-2H3,(H,18,20)/t13-,14-/m1/s1. The fourth-order valence-electron chi connectivity index (χ4n) is 2.72. The van der Waals surface area contributed by atoms with Crippen molar-refractivity contribution in [2.24, 2.45) is 0 Å². The van der Waals surface area contributed by atoms with Gasteiger partial charge in [-0.25, -0.2) is 0 Å². The van der Waals surface area contributed by atoms with Crippen molar-refractivity contribution in [3.63, 3.8) is 0 Å². The highest BCUT2D eigenvalue weighted by molar-refractivity contribution is 6.01. The molecule has 0 radical (unpaired) electrons. The molecule has 0 unspecified atom stereocenters. The third-order valence-corrected chi connectivity index (χ3v) is 3.86. The number of benzene rings is 1. The fourth-order valence-corrected chi connectivity index (χ4v) is 2.72. The smallest absolute Gasteiger partial charge is 0.257 e. The maximum atomic E-state index is 12.7. The zero-order chi connectivity index (χ0) is 16.2. The summed E-state index contributed by atoms with van der Waals surface area (Å²) in [6.45, 7) is 5.19. The Morgan fingerprint density at radius 3 is 2.87 bits per heavy atom. The second-order valence-corrected chi connectivity index (χ2v) is 5.44. The summed E-state index contributed by atoms with van der Waals surface area (Å²) in [4.78, 5) is 12.7. The minimum Gasteiger partial charge on any atom is -0.376 e. The van der Waals surface area contributed by atoms with Gasteiger partial charge in [0.2, 0.25) is 0 Å². The van der Waals surface area contributed by atoms with E-state index < -0.39 is 0 Å². The zero-order valence-electron chi connectivity index (χ0n) is 13.2. The average molecular weight is 316 g/mol. The Bertz CT molecular complexity index is 668. The normalized spacial score (nSPS) is 20.6. The number of hydrogen-bond donors (Lipinski definition) is 1. The lowest BCUT2D eigenvalue weighted by Gasteiger charge is -2.18. The number of carbonyl (C=O) groups is 1. The van der Waals surface area contributed by atoms with Gasteiger partial charge in [-0.05, 0) is 13.8 Å². The Hall–Kier alpha value is -2.18. The number of nitrogens with zero attached hydrogens (tertiary/aromatic N) is 1. The van der Waals surface area contributed by atoms with Gasteiger partial charge in [-0.1, -0.05) is 35.5 Å². The summed E-state index contributed by atoms with van der Waals surface area (Å²) >= 11 is 0. The molecule has 6 nitrogen and oxygen atoms in total. The molecule has 23 heavy (non-hydrogen) atoms. The molecule has 0 bridgehead atoms. The first-order chi connectivity index (χ1) is 11.2. The molecule has 0 saturated carbocycles. The number of aryl methyl sites for hydroxylation is 1. The van der Waals surface area contributed by atoms with E-state index in [-0.39, 0.29) is 18.1 Å². The van der Waals surface area contributed by atoms with E-state index in [1.54, 1.807) is 6.92 Å². The number of ether oxygens (including phenoxy) is 2. The Morgan fingerprint density at radius 1 is 1.35 bits per heavy atom. The highest BCUT2D eigenvalue weighted by atomic mass is 16.5. The molecule has 1 N–H and O–H groups in total. The van der Waals surface area contributed by atoms with Crippen molar-refractivity contribution in [2.75, 3.05) is 19.8 Å². The van der Waals surface area contributed by atoms with Crippen molar-refractivity contribution in [1.82, 2.24) is 10.5 Å². The maximum absolute atomic E-state index is 12.7. The van der Waals surface area contributed by atoms with Gasteiger partial charge in [0, 0.05) is 12.2 Å². The van der Waals surface area contributed by atoms with Crippen LogP contribution in [0, 0.1) is 6.92 Å². The van der Waals surface area contributed by atoms with Gasteiger partial charge in [-0.15, -0.1) is 0 Å². The Labute approximate surface area is 134 Å². The van der Waals surface area contributed by atoms with Gasteiger partial charge >= 0.3 is 0 Å². The van der Waals surface area contributed by atoms with Crippen LogP contribution in [0.25, 0.3) is 11.3 Å². The van der Waals surface area contributed by atoms with Crippen molar-refractivity contribution < 1.29 is 18.8 Å². The molecule has 1 saturated heterocycles. The first-order valence-corrected chi connectivity index (χ1v) is 7.72. The van der Waals surface area contributed by atoms with Crippen LogP contribution in [0.3, 0.4) is 0 Å². The molecule has 1 aromatic carbocycles. The van der Waals surface area contributed by atoms with Crippen molar-refractivity contribution in [3.8, 4) is 11.3 Å². The van der Waals surface area contributed by atoms with Crippen molar-refractivity contribution in [2.45, 2.75) is 26.0 Å². The topological polar surface area (TPSA) is 73.6 Å². The zero-order valence-corrected chi connectivity index (χ0v) is 13.2. The molecule has 122 valence electrons. The van der Waals surface area contributed by atoms with Gasteiger partial charge in [0.25, 0.3) is 5.91 Å². The van der Waals surface area contributed by atoms with E-state index in [0.29, 0.717) is 36.8 Å². The second kappa shape index (κ2) is 6.93. The first-order valence-electron chi connectivity index (χ1n) is 7.72. The number of amides is 1. The molecule has 1 aromatic heterocycles. The lowest BCUT2D eigenvalue weighted by atomic mass is 10.1. The summed E-state index contributed by atoms with van der Waals surface area (Å²) in [5, 5.41) is 7.02. The third kappa shape index (κ3) is 3.28. The van der Waals surface area contributed by atoms with Crippen LogP contribution in [0.4, 0.5) is 0 Å². The minimum absolute atomic E-state index is 0.121. The summed E-state index contributed by atoms with van der Waals surface area (Å²) in [5.74, 6) is 0.274. The van der Waals surface area contributed by atoms with Crippen molar-refractivity contribution in [3.05, 3.63) is 41.7 Å². The number of rotatable bonds is 5. The van der Waals surface area contributed by atoms with Gasteiger partial charge < -0.3 is 19.3 Å². The summed E-state index contributed by atoms with van der Waals surface area (Å²) < 4.78 is 16.2. The van der Waals surface area contributed by atoms with E-state index in [0.717, 1.165) is 5.56 Å². The van der Waals surface area contributed by atoms with Gasteiger partial charge in [0.05, 0.1) is 19.3 Å². The monoisotopic (exact) mass is 316 g/mol. The third-order valence-electron chi connectivity index (χ3n) is 3.86. The molecule has 1 amide bonds. The molecule has 0 aliphatic carbocycles. The van der Waals surface area contributed by atoms with E-state index in [1.807, 2.05) is 37.3 Å². The quantitative estimate of drug-likeness (QED) is 0.915. The molecule has 3 rings (SSSR count). The van der Waals surface area contributed by atoms with E-state index in [2.05, 4.69) is 10.5 Å². The van der Waals surface area contributed by atoms with Crippen LogP contribution in [0.5, 0.6) is 0 Å². The highest BCUT2D eigenvalue weighted by Gasteiger charge is 2.32. The van der Waals surface area contributed by atoms with Crippen LogP contribution < -0.4 is 5.32 Å². The molecule has 6 heteroatoms. The minimum atomic E-state index is -0.220. The van der Waals surface area contributed by atoms with Crippen molar-refractivity contribution >= 4 is 5.91 Å². The second-order valence-electron chi connectivity index (χ2n) is 5.44. The average Bonchev–Trinajstić information content (AvgIpc) is 3.15. The predicted octanol–water partition coefficient (Wildman–Crippen LogP) is 2.18. The molecule has 1 fully saturated rings. The van der Waals surface area contributed by atoms with Crippen LogP contribution in [-0.4, -0.2) is 43.0 Å². The SMILES string of the molecule is CCO[C@@H]1COC[C@H]1NC(=O)c1c(-c2ccccc2)noc1C. The van der Waals surface area contributed by atoms with Crippen LogP contribution in [0.2, 0.25) is 0 Å². The summed E-state index contributed by atoms with van der Waals surface area (Å²) in [6.07, 6.45) is -0.121. The van der Waals surface area contributed by atoms with Crippen LogP contribution in [-0.2, 0) is 9.47 Å². The molecule has 2 aromatic rings. The lowest BCUT2D eigenvalue weighted by Crippen LogP contribution is -2.44. The van der Waals surface area contributed by atoms with E-state index in [9.17, 15) is 4.79 Å². The number of nitrogens with one attached hydrogen (secondary N) is 1. The lowest BCUT2D eigenvalue weighted by molar-refractivity contribution is 0.0402. The summed E-state index contributed by atoms with van der Waals surface area (Å²) in [5.41, 5.74) is 1.85. The van der Waals surface area contributed by atoms with Gasteiger partial charge in [0.1, 0.15) is 23.1 Å². The predicted molar refractivity (Wildman–Crippen MR) is 84.2 cm³/mol. The maximum Gasteiger partial charge on any atom is 0.257 e. The molecular weight excluding hydrogens is 296 g/mol. The number of aromatic nitrogens is 1. The first kappa shape index (κ1) is 15.7. The largest absolute Gasteiger partial charge is 0.376 e. The van der Waals surface area contributed by atoms with E-state index in [4.69, 9.17) is 14.0 Å². The molecular formula is C17H20N2O4. The van der Waals surface area contributed by atoms with Gasteiger partial charge in [-0.3, -0.25) is 4.79 Å². The van der Waals surface area contributed by atoms with Crippen LogP contribution in [0.1, 0.15) is 23.0 Å². The molecule has 2 heterocycles. The molecule has 1 aliphatic heterocycles. The number of hydrogen-bond acceptors (Lipinski definition) is 5. The summed E-state index contributed by atoms with van der Waals surface area (Å²) in [7, 11) is 0. The number of carbonyl (C=O) groups excluding carboxylic acids is 1. The Kier molecular flexibility index (Phi) is 4.73.